The van der Waals surface area contributed by atoms with Crippen LogP contribution in [0.1, 0.15) is 40.3 Å². The van der Waals surface area contributed by atoms with E-state index in [2.05, 4.69) is 31.0 Å². The van der Waals surface area contributed by atoms with Crippen molar-refractivity contribution in [2.45, 2.75) is 26.8 Å². The van der Waals surface area contributed by atoms with Crippen molar-refractivity contribution in [3.63, 3.8) is 0 Å². The van der Waals surface area contributed by atoms with E-state index >= 15 is 0 Å². The van der Waals surface area contributed by atoms with Crippen molar-refractivity contribution in [2.24, 2.45) is 0 Å². The molecule has 0 aliphatic heterocycles. The molecule has 0 saturated carbocycles. The van der Waals surface area contributed by atoms with Gasteiger partial charge in [0.2, 0.25) is 5.13 Å². The molecule has 0 bridgehead atoms. The quantitative estimate of drug-likeness (QED) is 0.733. The predicted octanol–water partition coefficient (Wildman–Crippen LogP) is 2.96. The number of aromatic nitrogens is 4. The smallest absolute Gasteiger partial charge is 0.259 e. The first kappa shape index (κ1) is 16.1. The number of amides is 1. The molecular weight excluding hydrogens is 328 g/mol. The van der Waals surface area contributed by atoms with Crippen LogP contribution in [0.25, 0.3) is 0 Å². The molecule has 0 radical (unpaired) electrons. The molecule has 9 heteroatoms. The fourth-order valence-electron chi connectivity index (χ4n) is 2.41. The molecule has 1 unspecified atom stereocenters. The molecule has 1 amide bonds. The molecule has 0 saturated heterocycles. The van der Waals surface area contributed by atoms with E-state index in [1.54, 1.807) is 17.6 Å². The van der Waals surface area contributed by atoms with Crippen LogP contribution in [-0.2, 0) is 0 Å². The average Bonchev–Trinajstić information content (AvgIpc) is 3.18. The number of carbonyl (C=O) groups excluding carboxylic acids is 1. The van der Waals surface area contributed by atoms with E-state index in [0.717, 1.165) is 17.0 Å². The summed E-state index contributed by atoms with van der Waals surface area (Å²) < 4.78 is 5.18. The summed E-state index contributed by atoms with van der Waals surface area (Å²) in [5.41, 5.74) is 3.85. The molecular formula is C15H16N6O2S. The molecule has 24 heavy (non-hydrogen) atoms. The minimum absolute atomic E-state index is 0.00943. The number of hydrogen-bond donors (Lipinski definition) is 2. The summed E-state index contributed by atoms with van der Waals surface area (Å²) in [6.45, 7) is 5.78. The van der Waals surface area contributed by atoms with E-state index in [9.17, 15) is 4.79 Å². The number of aryl methyl sites for hydroxylation is 2. The lowest BCUT2D eigenvalue weighted by Crippen LogP contribution is -2.13. The monoisotopic (exact) mass is 344 g/mol. The second-order valence-electron chi connectivity index (χ2n) is 5.23. The summed E-state index contributed by atoms with van der Waals surface area (Å²) in [5, 5.41) is 17.8. The average molecular weight is 344 g/mol. The van der Waals surface area contributed by atoms with Gasteiger partial charge >= 0.3 is 0 Å². The van der Waals surface area contributed by atoms with Crippen LogP contribution in [0.5, 0.6) is 0 Å². The Bertz CT molecular complexity index is 809. The highest BCUT2D eigenvalue weighted by Crippen LogP contribution is 2.24. The van der Waals surface area contributed by atoms with Crippen LogP contribution in [0.15, 0.2) is 28.4 Å². The van der Waals surface area contributed by atoms with E-state index in [4.69, 9.17) is 4.52 Å². The van der Waals surface area contributed by atoms with Gasteiger partial charge in [0, 0.05) is 11.8 Å². The molecule has 0 aliphatic carbocycles. The van der Waals surface area contributed by atoms with E-state index in [1.807, 2.05) is 20.8 Å². The number of hydrogen-bond acceptors (Lipinski definition) is 8. The number of pyridine rings is 1. The first-order valence-corrected chi connectivity index (χ1v) is 8.15. The fourth-order valence-corrected chi connectivity index (χ4v) is 2.85. The Hall–Kier alpha value is -2.81. The van der Waals surface area contributed by atoms with Crippen LogP contribution in [0.4, 0.5) is 10.9 Å². The summed E-state index contributed by atoms with van der Waals surface area (Å²) in [6, 6.07) is 3.44. The fraction of sp³-hybridized carbons (Fsp3) is 0.267. The minimum atomic E-state index is -0.274. The lowest BCUT2D eigenvalue weighted by atomic mass is 10.1. The third kappa shape index (κ3) is 3.40. The molecule has 3 aromatic rings. The van der Waals surface area contributed by atoms with Gasteiger partial charge in [0.15, 0.2) is 0 Å². The van der Waals surface area contributed by atoms with Crippen LogP contribution in [0.2, 0.25) is 0 Å². The zero-order valence-electron chi connectivity index (χ0n) is 13.4. The van der Waals surface area contributed by atoms with Gasteiger partial charge in [0.05, 0.1) is 17.3 Å². The zero-order valence-corrected chi connectivity index (χ0v) is 14.2. The Morgan fingerprint density at radius 1 is 1.33 bits per heavy atom. The Balaban J connectivity index is 1.67. The third-order valence-electron chi connectivity index (χ3n) is 3.49. The van der Waals surface area contributed by atoms with Crippen molar-refractivity contribution < 1.29 is 9.32 Å². The predicted molar refractivity (Wildman–Crippen MR) is 90.1 cm³/mol. The maximum atomic E-state index is 12.1. The van der Waals surface area contributed by atoms with Gasteiger partial charge in [-0.3, -0.25) is 10.1 Å². The Morgan fingerprint density at radius 2 is 2.17 bits per heavy atom. The van der Waals surface area contributed by atoms with Gasteiger partial charge in [-0.15, -0.1) is 10.2 Å². The van der Waals surface area contributed by atoms with E-state index in [0.29, 0.717) is 16.5 Å². The van der Waals surface area contributed by atoms with Gasteiger partial charge in [-0.05, 0) is 32.9 Å². The largest absolute Gasteiger partial charge is 0.363 e. The molecule has 0 spiro atoms. The molecule has 1 atom stereocenters. The van der Waals surface area contributed by atoms with Gasteiger partial charge in [-0.2, -0.15) is 0 Å². The van der Waals surface area contributed by atoms with E-state index < -0.39 is 0 Å². The van der Waals surface area contributed by atoms with Gasteiger partial charge in [0.25, 0.3) is 5.91 Å². The first-order chi connectivity index (χ1) is 11.5. The highest BCUT2D eigenvalue weighted by atomic mass is 32.1. The highest BCUT2D eigenvalue weighted by molar-refractivity contribution is 7.13. The number of anilines is 2. The summed E-state index contributed by atoms with van der Waals surface area (Å²) >= 11 is 1.26. The van der Waals surface area contributed by atoms with Gasteiger partial charge in [-0.1, -0.05) is 16.5 Å². The molecule has 8 nitrogen and oxygen atoms in total. The molecule has 3 rings (SSSR count). The highest BCUT2D eigenvalue weighted by Gasteiger charge is 2.17. The minimum Gasteiger partial charge on any atom is -0.363 e. The summed E-state index contributed by atoms with van der Waals surface area (Å²) in [6.07, 6.45) is 1.51. The Kier molecular flexibility index (Phi) is 4.52. The first-order valence-electron chi connectivity index (χ1n) is 7.27. The lowest BCUT2D eigenvalue weighted by molar-refractivity contribution is 0.102. The number of rotatable bonds is 5. The standard InChI is InChI=1S/C15H16N6O2S/c1-8(13-9(2)21-23-10(13)3)18-12-5-4-11(6-16-12)14(22)19-15-20-17-7-24-15/h4-8H,1-3H3,(H,16,18)(H,19,20,22). The van der Waals surface area contributed by atoms with E-state index in [1.165, 1.54) is 17.5 Å². The van der Waals surface area contributed by atoms with Crippen molar-refractivity contribution in [1.82, 2.24) is 20.3 Å². The molecule has 0 fully saturated rings. The topological polar surface area (TPSA) is 106 Å². The molecule has 3 aromatic heterocycles. The van der Waals surface area contributed by atoms with Gasteiger partial charge in [-0.25, -0.2) is 4.98 Å². The molecule has 0 aliphatic rings. The van der Waals surface area contributed by atoms with Crippen molar-refractivity contribution in [3.05, 3.63) is 46.4 Å². The van der Waals surface area contributed by atoms with Crippen LogP contribution in [0, 0.1) is 13.8 Å². The molecule has 124 valence electrons. The summed E-state index contributed by atoms with van der Waals surface area (Å²) in [4.78, 5) is 16.4. The summed E-state index contributed by atoms with van der Waals surface area (Å²) in [7, 11) is 0. The second-order valence-corrected chi connectivity index (χ2v) is 6.07. The van der Waals surface area contributed by atoms with Crippen molar-refractivity contribution in [3.8, 4) is 0 Å². The maximum absolute atomic E-state index is 12.1. The molecule has 2 N–H and O–H groups in total. The Morgan fingerprint density at radius 3 is 2.75 bits per heavy atom. The maximum Gasteiger partial charge on any atom is 0.259 e. The number of carbonyl (C=O) groups is 1. The van der Waals surface area contributed by atoms with Crippen molar-refractivity contribution >= 4 is 28.2 Å². The van der Waals surface area contributed by atoms with Crippen LogP contribution >= 0.6 is 11.3 Å². The zero-order chi connectivity index (χ0) is 17.1. The van der Waals surface area contributed by atoms with Crippen molar-refractivity contribution in [1.29, 1.82) is 0 Å². The third-order valence-corrected chi connectivity index (χ3v) is 4.10. The van der Waals surface area contributed by atoms with Crippen molar-refractivity contribution in [2.75, 3.05) is 10.6 Å². The van der Waals surface area contributed by atoms with Gasteiger partial charge < -0.3 is 9.84 Å². The van der Waals surface area contributed by atoms with Crippen LogP contribution < -0.4 is 10.6 Å². The van der Waals surface area contributed by atoms with E-state index in [-0.39, 0.29) is 11.9 Å². The number of nitrogens with one attached hydrogen (secondary N) is 2. The van der Waals surface area contributed by atoms with Crippen LogP contribution in [0.3, 0.4) is 0 Å². The molecule has 3 heterocycles. The Labute approximate surface area is 142 Å². The lowest BCUT2D eigenvalue weighted by Gasteiger charge is -2.14. The molecule has 0 aromatic carbocycles. The number of nitrogens with zero attached hydrogens (tertiary/aromatic N) is 4. The summed E-state index contributed by atoms with van der Waals surface area (Å²) in [5.74, 6) is 1.17. The SMILES string of the molecule is Cc1noc(C)c1C(C)Nc1ccc(C(=O)Nc2nncs2)cn1. The normalized spacial score (nSPS) is 12.0. The second kappa shape index (κ2) is 6.75. The van der Waals surface area contributed by atoms with Crippen LogP contribution in [-0.4, -0.2) is 26.2 Å². The van der Waals surface area contributed by atoms with Gasteiger partial charge in [0.1, 0.15) is 17.1 Å².